The normalized spacial score (nSPS) is 24.7. The van der Waals surface area contributed by atoms with Gasteiger partial charge in [0, 0.05) is 63.0 Å². The molecule has 0 spiro atoms. The standard InChI is InChI=1S/C33H55N5O7S2/c1-25-11-8-9-12-27(25)36-18-20-37(21-19-36)47(43,44)24-33-15-14-26(32(33,5)6)23-28(33)38(29(39)13-10-22-46(7,41)42)35-17-16-34-30(40)45-31(2,3)4/h8-9,11-12,26,28,35H,10,13-24H2,1-7H3,(H,34,40)/t26?,28-,33?/m0/s1. The van der Waals surface area contributed by atoms with Gasteiger partial charge in [0.05, 0.1) is 17.5 Å². The molecule has 1 saturated heterocycles. The highest BCUT2D eigenvalue weighted by molar-refractivity contribution is 7.90. The molecule has 14 heteroatoms. The first kappa shape index (κ1) is 37.4. The number of hydrazine groups is 1. The molecule has 2 aliphatic carbocycles. The molecule has 3 atom stereocenters. The first-order chi connectivity index (χ1) is 21.8. The van der Waals surface area contributed by atoms with Crippen molar-refractivity contribution in [1.29, 1.82) is 0 Å². The number of rotatable bonds is 13. The van der Waals surface area contributed by atoms with E-state index >= 15 is 0 Å². The van der Waals surface area contributed by atoms with Gasteiger partial charge >= 0.3 is 6.09 Å². The number of nitrogens with one attached hydrogen (secondary N) is 2. The van der Waals surface area contributed by atoms with Crippen LogP contribution in [0.1, 0.15) is 72.3 Å². The van der Waals surface area contributed by atoms with E-state index in [1.165, 1.54) is 0 Å². The highest BCUT2D eigenvalue weighted by Gasteiger charge is 2.67. The summed E-state index contributed by atoms with van der Waals surface area (Å²) in [6.07, 6.45) is 2.95. The smallest absolute Gasteiger partial charge is 0.407 e. The number of benzene rings is 1. The molecule has 4 rings (SSSR count). The topological polar surface area (TPSA) is 145 Å². The summed E-state index contributed by atoms with van der Waals surface area (Å²) in [7, 11) is -6.94. The van der Waals surface area contributed by atoms with Crippen LogP contribution in [0.25, 0.3) is 0 Å². The maximum Gasteiger partial charge on any atom is 0.407 e. The predicted molar refractivity (Wildman–Crippen MR) is 184 cm³/mol. The first-order valence-electron chi connectivity index (χ1n) is 16.7. The average molecular weight is 698 g/mol. The fourth-order valence-corrected chi connectivity index (χ4v) is 10.8. The van der Waals surface area contributed by atoms with E-state index in [2.05, 4.69) is 48.5 Å². The van der Waals surface area contributed by atoms with Crippen molar-refractivity contribution in [2.75, 3.05) is 61.9 Å². The summed E-state index contributed by atoms with van der Waals surface area (Å²) in [5, 5.41) is 4.27. The van der Waals surface area contributed by atoms with Gasteiger partial charge in [-0.15, -0.1) is 0 Å². The van der Waals surface area contributed by atoms with Crippen LogP contribution in [0, 0.1) is 23.7 Å². The maximum absolute atomic E-state index is 14.2. The van der Waals surface area contributed by atoms with Crippen LogP contribution in [-0.4, -0.2) is 107 Å². The molecular weight excluding hydrogens is 643 g/mol. The Morgan fingerprint density at radius 3 is 2.30 bits per heavy atom. The van der Waals surface area contributed by atoms with Crippen LogP contribution in [0.2, 0.25) is 0 Å². The average Bonchev–Trinajstić information content (AvgIpc) is 3.31. The van der Waals surface area contributed by atoms with E-state index in [0.29, 0.717) is 39.0 Å². The second-order valence-electron chi connectivity index (χ2n) is 15.1. The Bertz CT molecular complexity index is 1500. The maximum atomic E-state index is 14.2. The molecular formula is C33H55N5O7S2. The van der Waals surface area contributed by atoms with Crippen LogP contribution in [0.4, 0.5) is 10.5 Å². The zero-order valence-corrected chi connectivity index (χ0v) is 30.8. The molecule has 0 radical (unpaired) electrons. The number of hydrogen-bond acceptors (Lipinski definition) is 9. The number of anilines is 1. The number of sulfonamides is 1. The van der Waals surface area contributed by atoms with Crippen LogP contribution in [-0.2, 0) is 29.4 Å². The lowest BCUT2D eigenvalue weighted by Crippen LogP contribution is -2.60. The van der Waals surface area contributed by atoms with Crippen LogP contribution in [0.15, 0.2) is 24.3 Å². The third kappa shape index (κ3) is 8.79. The van der Waals surface area contributed by atoms with Gasteiger partial charge in [0.1, 0.15) is 15.4 Å². The SMILES string of the molecule is Cc1ccccc1N1CCN(S(=O)(=O)CC23CCC(C[C@@H]2N(NCCNC(=O)OC(C)(C)C)C(=O)CCCS(C)(=O)=O)C3(C)C)CC1. The van der Waals surface area contributed by atoms with Gasteiger partial charge in [-0.25, -0.2) is 27.1 Å². The second-order valence-corrected chi connectivity index (χ2v) is 19.4. The fraction of sp³-hybridized carbons (Fsp3) is 0.758. The number of alkyl carbamates (subject to hydrolysis) is 1. The third-order valence-electron chi connectivity index (χ3n) is 10.5. The number of carbonyl (C=O) groups excluding carboxylic acids is 2. The molecule has 12 nitrogen and oxygen atoms in total. The number of ether oxygens (including phenoxy) is 1. The van der Waals surface area contributed by atoms with Crippen LogP contribution < -0.4 is 15.6 Å². The zero-order valence-electron chi connectivity index (χ0n) is 29.2. The molecule has 3 aliphatic rings. The van der Waals surface area contributed by atoms with Gasteiger partial charge in [-0.05, 0) is 76.3 Å². The summed E-state index contributed by atoms with van der Waals surface area (Å²) in [5.74, 6) is -0.222. The van der Waals surface area contributed by atoms with Crippen molar-refractivity contribution in [3.63, 3.8) is 0 Å². The number of hydrogen-bond donors (Lipinski definition) is 2. The number of piperazine rings is 1. The van der Waals surface area contributed by atoms with E-state index in [1.54, 1.807) is 30.1 Å². The van der Waals surface area contributed by atoms with E-state index in [1.807, 2.05) is 12.1 Å². The van der Waals surface area contributed by atoms with Crippen LogP contribution >= 0.6 is 0 Å². The molecule has 2 unspecified atom stereocenters. The van der Waals surface area contributed by atoms with E-state index in [-0.39, 0.29) is 54.7 Å². The quantitative estimate of drug-likeness (QED) is 0.234. The van der Waals surface area contributed by atoms with Gasteiger partial charge in [0.25, 0.3) is 0 Å². The number of amides is 2. The van der Waals surface area contributed by atoms with Gasteiger partial charge < -0.3 is 15.0 Å². The largest absolute Gasteiger partial charge is 0.444 e. The van der Waals surface area contributed by atoms with Crippen molar-refractivity contribution in [3.8, 4) is 0 Å². The summed E-state index contributed by atoms with van der Waals surface area (Å²) in [6, 6.07) is 7.72. The van der Waals surface area contributed by atoms with Gasteiger partial charge in [0.2, 0.25) is 15.9 Å². The Labute approximate surface area is 281 Å². The van der Waals surface area contributed by atoms with E-state index in [9.17, 15) is 26.4 Å². The molecule has 0 aromatic heterocycles. The van der Waals surface area contributed by atoms with Crippen molar-refractivity contribution in [3.05, 3.63) is 29.8 Å². The highest BCUT2D eigenvalue weighted by Crippen LogP contribution is 2.67. The molecule has 266 valence electrons. The summed E-state index contributed by atoms with van der Waals surface area (Å²) in [5.41, 5.74) is 3.78. The van der Waals surface area contributed by atoms with Crippen LogP contribution in [0.3, 0.4) is 0 Å². The number of para-hydroxylation sites is 1. The number of nitrogens with zero attached hydrogens (tertiary/aromatic N) is 3. The fourth-order valence-electron chi connectivity index (χ4n) is 7.91. The lowest BCUT2D eigenvalue weighted by atomic mass is 9.68. The van der Waals surface area contributed by atoms with Crippen molar-refractivity contribution in [1.82, 2.24) is 20.1 Å². The minimum absolute atomic E-state index is 0.00481. The molecule has 1 aromatic carbocycles. The monoisotopic (exact) mass is 697 g/mol. The number of fused-ring (bicyclic) bond motifs is 2. The van der Waals surface area contributed by atoms with Crippen molar-refractivity contribution < 1.29 is 31.2 Å². The summed E-state index contributed by atoms with van der Waals surface area (Å²) in [6.45, 7) is 14.0. The Hall–Kier alpha value is -2.42. The summed E-state index contributed by atoms with van der Waals surface area (Å²) >= 11 is 0. The number of aryl methyl sites for hydroxylation is 1. The zero-order chi connectivity index (χ0) is 34.8. The number of sulfone groups is 1. The van der Waals surface area contributed by atoms with Gasteiger partial charge in [-0.1, -0.05) is 32.0 Å². The van der Waals surface area contributed by atoms with Crippen molar-refractivity contribution in [2.45, 2.75) is 85.3 Å². The second kappa shape index (κ2) is 14.2. The van der Waals surface area contributed by atoms with E-state index in [4.69, 9.17) is 4.74 Å². The third-order valence-corrected chi connectivity index (χ3v) is 13.5. The molecule has 1 aliphatic heterocycles. The lowest BCUT2D eigenvalue weighted by Gasteiger charge is -2.47. The van der Waals surface area contributed by atoms with E-state index < -0.39 is 43.0 Å². The Balaban J connectivity index is 1.52. The lowest BCUT2D eigenvalue weighted by molar-refractivity contribution is -0.141. The van der Waals surface area contributed by atoms with Crippen molar-refractivity contribution >= 4 is 37.5 Å². The van der Waals surface area contributed by atoms with Crippen molar-refractivity contribution in [2.24, 2.45) is 16.7 Å². The Morgan fingerprint density at radius 1 is 1.04 bits per heavy atom. The van der Waals surface area contributed by atoms with Crippen LogP contribution in [0.5, 0.6) is 0 Å². The number of carbonyl (C=O) groups is 2. The van der Waals surface area contributed by atoms with E-state index in [0.717, 1.165) is 23.9 Å². The molecule has 1 heterocycles. The molecule has 2 saturated carbocycles. The molecule has 2 bridgehead atoms. The summed E-state index contributed by atoms with van der Waals surface area (Å²) in [4.78, 5) is 28.3. The molecule has 3 fully saturated rings. The minimum atomic E-state index is -3.69. The van der Waals surface area contributed by atoms with Gasteiger partial charge in [-0.3, -0.25) is 9.80 Å². The molecule has 2 amide bonds. The molecule has 1 aromatic rings. The Morgan fingerprint density at radius 2 is 1.70 bits per heavy atom. The predicted octanol–water partition coefficient (Wildman–Crippen LogP) is 3.32. The first-order valence-corrected chi connectivity index (χ1v) is 20.4. The highest BCUT2D eigenvalue weighted by atomic mass is 32.2. The summed E-state index contributed by atoms with van der Waals surface area (Å²) < 4.78 is 59.1. The molecule has 2 N–H and O–H groups in total. The minimum Gasteiger partial charge on any atom is -0.444 e. The Kier molecular flexibility index (Phi) is 11.3. The van der Waals surface area contributed by atoms with Gasteiger partial charge in [-0.2, -0.15) is 4.31 Å². The molecule has 47 heavy (non-hydrogen) atoms. The van der Waals surface area contributed by atoms with Gasteiger partial charge in [0.15, 0.2) is 0 Å².